The number of carbonyl (C=O) groups excluding carboxylic acids is 5. The van der Waals surface area contributed by atoms with Crippen molar-refractivity contribution in [2.45, 2.75) is 429 Å². The van der Waals surface area contributed by atoms with Crippen LogP contribution in [-0.2, 0) is 80.8 Å². The Bertz CT molecular complexity index is 2860. The molecule has 6 aliphatic rings. The molecule has 6 rings (SSSR count). The highest BCUT2D eigenvalue weighted by atomic mass is 16.8. The first-order valence-corrected chi connectivity index (χ1v) is 45.1. The van der Waals surface area contributed by atoms with Crippen molar-refractivity contribution in [3.63, 3.8) is 0 Å². The van der Waals surface area contributed by atoms with Gasteiger partial charge in [-0.25, -0.2) is 5.43 Å². The van der Waals surface area contributed by atoms with Crippen molar-refractivity contribution in [1.82, 2.24) is 16.2 Å². The number of hydrogen-bond acceptors (Lipinski definition) is 39. The van der Waals surface area contributed by atoms with Crippen molar-refractivity contribution in [2.24, 2.45) is 5.73 Å². The van der Waals surface area contributed by atoms with Gasteiger partial charge in [-0.05, 0) is 71.8 Å². The van der Waals surface area contributed by atoms with Gasteiger partial charge >= 0.3 is 0 Å². The van der Waals surface area contributed by atoms with E-state index in [1.54, 1.807) is 0 Å². The van der Waals surface area contributed by atoms with Crippen LogP contribution in [-0.4, -0.2) is 388 Å². The monoisotopic (exact) mass is 1800 g/mol. The average molecular weight is 1800 g/mol. The number of unbranched alkanes of at least 4 members (excludes halogenated alkanes) is 23. The minimum Gasteiger partial charge on any atom is -0.394 e. The molecular weight excluding hydrogens is 1640 g/mol. The molecule has 0 aromatic carbocycles. The molecule has 6 heterocycles. The van der Waals surface area contributed by atoms with E-state index in [2.05, 4.69) is 16.2 Å². The second kappa shape index (κ2) is 62.1. The highest BCUT2D eigenvalue weighted by molar-refractivity contribution is 5.82. The number of ketones is 3. The number of hydrogen-bond donors (Lipinski definition) is 24. The highest BCUT2D eigenvalue weighted by Gasteiger charge is 2.55. The van der Waals surface area contributed by atoms with Crippen LogP contribution in [0.25, 0.3) is 0 Å². The van der Waals surface area contributed by atoms with Crippen molar-refractivity contribution >= 4 is 29.2 Å². The number of nitrogens with two attached hydrogens (primary N) is 1. The Morgan fingerprint density at radius 1 is 0.315 bits per heavy atom. The van der Waals surface area contributed by atoms with Gasteiger partial charge in [0.25, 0.3) is 0 Å². The van der Waals surface area contributed by atoms with Gasteiger partial charge in [0.05, 0.1) is 58.9 Å². The molecule has 6 fully saturated rings. The molecule has 0 aliphatic carbocycles. The molecule has 0 saturated carbocycles. The summed E-state index contributed by atoms with van der Waals surface area (Å²) in [5, 5.41) is 209. The number of carbonyl (C=O) groups is 5. The maximum Gasteiger partial charge on any atom is 0.234 e. The van der Waals surface area contributed by atoms with Crippen molar-refractivity contribution < 1.29 is 183 Å². The van der Waals surface area contributed by atoms with Crippen LogP contribution in [0.3, 0.4) is 0 Å². The fourth-order valence-electron chi connectivity index (χ4n) is 15.5. The largest absolute Gasteiger partial charge is 0.394 e. The lowest BCUT2D eigenvalue weighted by Crippen LogP contribution is -2.65. The van der Waals surface area contributed by atoms with Gasteiger partial charge in [-0.3, -0.25) is 29.4 Å². The summed E-state index contributed by atoms with van der Waals surface area (Å²) < 4.78 is 67.2. The maximum atomic E-state index is 12.6. The van der Waals surface area contributed by atoms with Gasteiger partial charge in [-0.2, -0.15) is 0 Å². The minimum absolute atomic E-state index is 0.00777. The molecule has 6 saturated heterocycles. The Labute approximate surface area is 726 Å². The van der Waals surface area contributed by atoms with Crippen molar-refractivity contribution in [1.29, 1.82) is 0 Å². The second-order valence-corrected chi connectivity index (χ2v) is 33.3. The predicted molar refractivity (Wildman–Crippen MR) is 435 cm³/mol. The summed E-state index contributed by atoms with van der Waals surface area (Å²) in [4.78, 5) is 60.6. The molecule has 0 radical (unpaired) electrons. The third-order valence-electron chi connectivity index (χ3n) is 23.3. The average Bonchev–Trinajstić information content (AvgIpc) is 0.783. The summed E-state index contributed by atoms with van der Waals surface area (Å²) in [6.07, 6.45) is -18.4. The molecule has 0 aromatic heterocycles. The number of amides is 2. The summed E-state index contributed by atoms with van der Waals surface area (Å²) in [5.74, 6) is 0.125. The summed E-state index contributed by atoms with van der Waals surface area (Å²) in [6, 6.07) is -0.387. The van der Waals surface area contributed by atoms with Gasteiger partial charge in [0, 0.05) is 45.1 Å². The van der Waals surface area contributed by atoms with Gasteiger partial charge in [0.1, 0.15) is 164 Å². The maximum absolute atomic E-state index is 12.6. The van der Waals surface area contributed by atoms with E-state index in [0.29, 0.717) is 45.2 Å². The molecule has 0 spiro atoms. The van der Waals surface area contributed by atoms with E-state index in [1.165, 1.54) is 39.0 Å². The fourth-order valence-corrected chi connectivity index (χ4v) is 15.5. The predicted octanol–water partition coefficient (Wildman–Crippen LogP) is -3.63. The van der Waals surface area contributed by atoms with Gasteiger partial charge in [-0.15, -0.1) is 0 Å². The van der Waals surface area contributed by atoms with Crippen LogP contribution in [0.4, 0.5) is 0 Å². The number of rotatable bonds is 62. The van der Waals surface area contributed by atoms with Crippen LogP contribution >= 0.6 is 0 Å². The van der Waals surface area contributed by atoms with Gasteiger partial charge < -0.3 is 170 Å². The van der Waals surface area contributed by atoms with Crippen molar-refractivity contribution in [2.75, 3.05) is 65.9 Å². The van der Waals surface area contributed by atoms with E-state index in [1.807, 2.05) is 6.92 Å². The first-order valence-electron chi connectivity index (χ1n) is 45.1. The molecule has 0 unspecified atom stereocenters. The molecule has 124 heavy (non-hydrogen) atoms. The van der Waals surface area contributed by atoms with Gasteiger partial charge in [-0.1, -0.05) is 135 Å². The van der Waals surface area contributed by atoms with Crippen LogP contribution < -0.4 is 21.9 Å². The lowest BCUT2D eigenvalue weighted by atomic mass is 9.96. The zero-order valence-electron chi connectivity index (χ0n) is 72.2. The normalized spacial score (nSPS) is 34.2. The van der Waals surface area contributed by atoms with Crippen LogP contribution in [0.15, 0.2) is 0 Å². The van der Waals surface area contributed by atoms with Crippen LogP contribution in [0.5, 0.6) is 0 Å². The zero-order valence-corrected chi connectivity index (χ0v) is 72.2. The van der Waals surface area contributed by atoms with Crippen LogP contribution in [0.1, 0.15) is 239 Å². The standard InChI is InChI=1S/C44H81N3O19.C39H71NO18/c1-26(50)28(19-14-15-21-45)46-47-32(52)20-13-11-9-7-5-3-2-4-6-8-10-12-17-27(51)18-16-22-61-43-40(60)41(66-44-39(59)37(57)34(54)30(24-49)64-44)35(55)31(65-43)25-62-42-38(58)36(56)33(53)29(23-48)63-42;1-2-40-27(44)18-14-12-10-8-6-4-3-5-7-9-11-13-16-23(43)17-15-19-53-38-35(52)36(58-39-34(51)32(49)29(46)25(21-42)56-39)30(47)26(57-38)22-54-37-33(50)31(48)28(45)24(20-41)55-37/h28-31,33-44,46,48-49,53-60H,2-25,45H2,1H3,(H,47,52);24-26,28-39,41-42,45-52H,2-22H2,1H3,(H,40,44)/t28-,29+,30+,31+,33+,34+,35+,36-,37-,38-,39-,40-,41-,42-,43-,44+;24-,25-,26-,28-,29-,30-,31+,32+,33+,34+,35+,36+,37+,38+,39-/m01/s1. The van der Waals surface area contributed by atoms with E-state index in [0.717, 1.165) is 135 Å². The third-order valence-corrected chi connectivity index (χ3v) is 23.3. The Morgan fingerprint density at radius 3 is 0.911 bits per heavy atom. The molecular formula is C83H152N4O37. The highest BCUT2D eigenvalue weighted by Crippen LogP contribution is 2.35. The molecule has 41 heteroatoms. The molecule has 6 aliphatic heterocycles. The fraction of sp³-hybridized carbons (Fsp3) is 0.940. The van der Waals surface area contributed by atoms with E-state index < -0.39 is 224 Å². The molecule has 726 valence electrons. The summed E-state index contributed by atoms with van der Waals surface area (Å²) in [5.41, 5.74) is 11.0. The Morgan fingerprint density at radius 2 is 0.597 bits per heavy atom. The number of hydrazine groups is 1. The molecule has 0 aromatic rings. The van der Waals surface area contributed by atoms with Crippen molar-refractivity contribution in [3.8, 4) is 0 Å². The summed E-state index contributed by atoms with van der Waals surface area (Å²) in [6.45, 7) is 0.473. The number of aliphatic hydroxyl groups excluding tert-OH is 20. The molecule has 25 N–H and O–H groups in total. The lowest BCUT2D eigenvalue weighted by Gasteiger charge is -2.46. The molecule has 41 nitrogen and oxygen atoms in total. The smallest absolute Gasteiger partial charge is 0.234 e. The second-order valence-electron chi connectivity index (χ2n) is 33.3. The summed E-state index contributed by atoms with van der Waals surface area (Å²) >= 11 is 0. The van der Waals surface area contributed by atoms with Crippen LogP contribution in [0.2, 0.25) is 0 Å². The number of ether oxygens (including phenoxy) is 12. The molecule has 2 amide bonds. The minimum atomic E-state index is -1.87. The number of nitrogens with one attached hydrogen (secondary N) is 3. The molecule has 31 atom stereocenters. The summed E-state index contributed by atoms with van der Waals surface area (Å²) in [7, 11) is 0. The topological polar surface area (TPSA) is 663 Å². The van der Waals surface area contributed by atoms with E-state index >= 15 is 0 Å². The van der Waals surface area contributed by atoms with E-state index in [9.17, 15) is 126 Å². The first-order chi connectivity index (χ1) is 59.5. The Kier molecular flexibility index (Phi) is 55.6. The first kappa shape index (κ1) is 111. The van der Waals surface area contributed by atoms with E-state index in [-0.39, 0.29) is 74.1 Å². The Hall–Kier alpha value is -3.41. The van der Waals surface area contributed by atoms with Gasteiger partial charge in [0.2, 0.25) is 11.8 Å². The number of Topliss-reactive ketones (excluding diaryl/α,β-unsaturated/α-hetero) is 3. The zero-order chi connectivity index (χ0) is 91.2. The van der Waals surface area contributed by atoms with Gasteiger partial charge in [0.15, 0.2) is 37.7 Å². The SMILES string of the molecule is CC(=O)[C@H](CCCCN)NNC(=O)CCCCCCCCCCCCCCC(=O)CCCO[C@H]1O[C@H](CO[C@H]2O[C@H](CO)[C@@H](O)[C@H](O)[C@@H]2O)[C@@H](O)[C@H](O[C@H]2O[C@H](CO)[C@@H](O)[C@H](O)[C@@H]2O)[C@@H]1O.CCNC(=O)CCCCCCCCCCCCCCC(=O)CCCO[C@H]1O[C@H](CO[C@H]2O[C@H](CO)[C@@H](O)[C@H](O)[C@@H]2O)[C@@H](O)[C@H](O[C@H]2O[C@H](CO)[C@@H](O)[C@H](O)[C@@H]2O)[C@@H]1O. The van der Waals surface area contributed by atoms with Crippen molar-refractivity contribution in [3.05, 3.63) is 0 Å². The molecule has 0 bridgehead atoms. The quantitative estimate of drug-likeness (QED) is 0.0206. The van der Waals surface area contributed by atoms with Crippen LogP contribution in [0, 0.1) is 0 Å². The third kappa shape index (κ3) is 38.1. The van der Waals surface area contributed by atoms with E-state index in [4.69, 9.17) is 62.6 Å². The number of aliphatic hydroxyl groups is 20. The Balaban J connectivity index is 0.000000444. The lowest BCUT2D eigenvalue weighted by molar-refractivity contribution is -0.366.